The minimum absolute atomic E-state index is 0.144. The molecule has 0 aromatic heterocycles. The Hall–Kier alpha value is -2.11. The van der Waals surface area contributed by atoms with E-state index in [4.69, 9.17) is 4.74 Å². The second kappa shape index (κ2) is 7.35. The first kappa shape index (κ1) is 16.9. The van der Waals surface area contributed by atoms with Crippen LogP contribution in [0.1, 0.15) is 20.8 Å². The molecule has 0 atom stereocenters. The Kier molecular flexibility index (Phi) is 6.54. The number of hydrogen-bond donors (Lipinski definition) is 1. The molecule has 0 aromatic rings. The van der Waals surface area contributed by atoms with Crippen molar-refractivity contribution >= 4 is 19.2 Å². The van der Waals surface area contributed by atoms with Crippen molar-refractivity contribution in [3.05, 3.63) is 24.0 Å². The Bertz CT molecular complexity index is 394. The highest BCUT2D eigenvalue weighted by atomic mass is 16.6. The number of ether oxygens (including phenoxy) is 1. The summed E-state index contributed by atoms with van der Waals surface area (Å²) in [7, 11) is 1.54. The van der Waals surface area contributed by atoms with Gasteiger partial charge in [0, 0.05) is 19.2 Å². The van der Waals surface area contributed by atoms with Gasteiger partial charge in [-0.15, -0.1) is 0 Å². The number of amides is 2. The number of alkyl carbamates (subject to hydrolysis) is 1. The molecular weight excluding hydrogens is 246 g/mol. The molecule has 0 aliphatic rings. The smallest absolute Gasteiger partial charge is 0.407 e. The molecule has 0 spiro atoms. The first-order valence-corrected chi connectivity index (χ1v) is 5.72. The average Bonchev–Trinajstić information content (AvgIpc) is 2.31. The number of carbonyl (C=O) groups is 2. The number of nitrogens with one attached hydrogen (secondary N) is 1. The van der Waals surface area contributed by atoms with E-state index >= 15 is 0 Å². The van der Waals surface area contributed by atoms with Crippen molar-refractivity contribution in [1.29, 1.82) is 0 Å². The fourth-order valence-electron chi connectivity index (χ4n) is 1.21. The van der Waals surface area contributed by atoms with E-state index in [2.05, 4.69) is 23.6 Å². The third-order valence-corrected chi connectivity index (χ3v) is 2.00. The van der Waals surface area contributed by atoms with Gasteiger partial charge in [0.2, 0.25) is 6.41 Å². The summed E-state index contributed by atoms with van der Waals surface area (Å²) in [6, 6.07) is 0. The van der Waals surface area contributed by atoms with E-state index in [1.807, 2.05) is 0 Å². The Labute approximate surface area is 113 Å². The fraction of sp³-hybridized carbons (Fsp3) is 0.462. The normalized spacial score (nSPS) is 12.0. The van der Waals surface area contributed by atoms with E-state index in [-0.39, 0.29) is 6.54 Å². The van der Waals surface area contributed by atoms with Crippen molar-refractivity contribution < 1.29 is 14.3 Å². The minimum Gasteiger partial charge on any atom is -0.444 e. The fourth-order valence-corrected chi connectivity index (χ4v) is 1.21. The molecule has 1 N–H and O–H groups in total. The molecule has 0 rings (SSSR count). The molecule has 2 amide bonds. The van der Waals surface area contributed by atoms with Crippen LogP contribution < -0.4 is 5.32 Å². The number of hydrogen-bond acceptors (Lipinski definition) is 4. The predicted molar refractivity (Wildman–Crippen MR) is 74.8 cm³/mol. The monoisotopic (exact) mass is 267 g/mol. The van der Waals surface area contributed by atoms with Crippen LogP contribution in [0.15, 0.2) is 29.0 Å². The average molecular weight is 267 g/mol. The first-order valence-electron chi connectivity index (χ1n) is 5.72. The van der Waals surface area contributed by atoms with E-state index < -0.39 is 11.7 Å². The van der Waals surface area contributed by atoms with Crippen LogP contribution in [0.3, 0.4) is 0 Å². The van der Waals surface area contributed by atoms with Crippen LogP contribution in [0.2, 0.25) is 0 Å². The number of rotatable bonds is 6. The van der Waals surface area contributed by atoms with Gasteiger partial charge >= 0.3 is 6.09 Å². The summed E-state index contributed by atoms with van der Waals surface area (Å²) in [5, 5.41) is 2.56. The lowest BCUT2D eigenvalue weighted by Crippen LogP contribution is -2.34. The molecule has 0 heterocycles. The summed E-state index contributed by atoms with van der Waals surface area (Å²) in [5.74, 6) is 0.334. The Morgan fingerprint density at radius 3 is 2.42 bits per heavy atom. The van der Waals surface area contributed by atoms with Gasteiger partial charge in [-0.05, 0) is 27.5 Å². The van der Waals surface area contributed by atoms with Gasteiger partial charge in [0.25, 0.3) is 0 Å². The highest BCUT2D eigenvalue weighted by molar-refractivity contribution is 5.68. The molecule has 0 saturated carbocycles. The molecule has 0 unspecified atom stereocenters. The van der Waals surface area contributed by atoms with Crippen molar-refractivity contribution in [1.82, 2.24) is 10.2 Å². The number of nitrogens with zero attached hydrogens (tertiary/aromatic N) is 2. The molecule has 6 heteroatoms. The van der Waals surface area contributed by atoms with E-state index in [9.17, 15) is 9.59 Å². The Morgan fingerprint density at radius 1 is 1.47 bits per heavy atom. The molecule has 0 aliphatic carbocycles. The van der Waals surface area contributed by atoms with Crippen LogP contribution in [0, 0.1) is 0 Å². The molecule has 0 radical (unpaired) electrons. The lowest BCUT2D eigenvalue weighted by atomic mass is 10.2. The summed E-state index contributed by atoms with van der Waals surface area (Å²) in [5.41, 5.74) is -0.00297. The van der Waals surface area contributed by atoms with Crippen LogP contribution in [-0.2, 0) is 9.53 Å². The maximum Gasteiger partial charge on any atom is 0.407 e. The van der Waals surface area contributed by atoms with Gasteiger partial charge in [0.05, 0.1) is 0 Å². The maximum atomic E-state index is 11.5. The lowest BCUT2D eigenvalue weighted by Gasteiger charge is -2.20. The molecule has 0 bridgehead atoms. The Balaban J connectivity index is 4.78. The largest absolute Gasteiger partial charge is 0.444 e. The van der Waals surface area contributed by atoms with Crippen LogP contribution in [0.5, 0.6) is 0 Å². The molecule has 19 heavy (non-hydrogen) atoms. The van der Waals surface area contributed by atoms with Gasteiger partial charge in [-0.3, -0.25) is 4.79 Å². The molecule has 0 saturated heterocycles. The minimum atomic E-state index is -0.568. The van der Waals surface area contributed by atoms with Gasteiger partial charge < -0.3 is 15.0 Å². The molecule has 106 valence electrons. The predicted octanol–water partition coefficient (Wildman–Crippen LogP) is 1.70. The van der Waals surface area contributed by atoms with E-state index in [0.29, 0.717) is 17.8 Å². The number of aliphatic imine (C=N–C) groups is 1. The second-order valence-electron chi connectivity index (χ2n) is 4.78. The van der Waals surface area contributed by atoms with Crippen molar-refractivity contribution in [3.63, 3.8) is 0 Å². The maximum absolute atomic E-state index is 11.5. The topological polar surface area (TPSA) is 71.0 Å². The third kappa shape index (κ3) is 6.40. The van der Waals surface area contributed by atoms with E-state index in [1.54, 1.807) is 20.8 Å². The molecule has 6 nitrogen and oxygen atoms in total. The van der Waals surface area contributed by atoms with Gasteiger partial charge in [0.1, 0.15) is 11.4 Å². The molecule has 0 fully saturated rings. The third-order valence-electron chi connectivity index (χ3n) is 2.00. The molecular formula is C13H21N3O3. The quantitative estimate of drug-likeness (QED) is 0.452. The summed E-state index contributed by atoms with van der Waals surface area (Å²) < 4.78 is 5.10. The van der Waals surface area contributed by atoms with Crippen molar-refractivity contribution in [2.24, 2.45) is 4.99 Å². The van der Waals surface area contributed by atoms with Gasteiger partial charge in [-0.2, -0.15) is 0 Å². The Morgan fingerprint density at radius 2 is 2.05 bits per heavy atom. The molecule has 0 aliphatic heterocycles. The van der Waals surface area contributed by atoms with Crippen molar-refractivity contribution in [2.75, 3.05) is 13.6 Å². The van der Waals surface area contributed by atoms with Gasteiger partial charge in [0.15, 0.2) is 0 Å². The van der Waals surface area contributed by atoms with Crippen LogP contribution in [0.25, 0.3) is 0 Å². The van der Waals surface area contributed by atoms with Crippen LogP contribution >= 0.6 is 0 Å². The van der Waals surface area contributed by atoms with E-state index in [1.165, 1.54) is 18.0 Å². The summed E-state index contributed by atoms with van der Waals surface area (Å²) in [6.45, 7) is 12.5. The zero-order chi connectivity index (χ0) is 15.1. The first-order chi connectivity index (χ1) is 8.75. The molecule has 0 aromatic carbocycles. The SMILES string of the molecule is C=C/C(CNC(=O)OC(C)(C)C)=C(\N=C)N(C)C=O. The zero-order valence-corrected chi connectivity index (χ0v) is 11.9. The summed E-state index contributed by atoms with van der Waals surface area (Å²) in [4.78, 5) is 27.2. The highest BCUT2D eigenvalue weighted by Crippen LogP contribution is 2.10. The summed E-state index contributed by atoms with van der Waals surface area (Å²) >= 11 is 0. The van der Waals surface area contributed by atoms with Crippen LogP contribution in [-0.4, -0.2) is 43.3 Å². The zero-order valence-electron chi connectivity index (χ0n) is 11.9. The standard InChI is InChI=1S/C13H21N3O3/c1-7-10(11(14-5)16(6)9-17)8-15-12(18)19-13(2,3)4/h7,9H,1,5,8H2,2-4,6H3,(H,15,18)/b11-10-. The van der Waals surface area contributed by atoms with Crippen LogP contribution in [0.4, 0.5) is 4.79 Å². The van der Waals surface area contributed by atoms with Crippen molar-refractivity contribution in [2.45, 2.75) is 26.4 Å². The lowest BCUT2D eigenvalue weighted by molar-refractivity contribution is -0.115. The second-order valence-corrected chi connectivity index (χ2v) is 4.78. The van der Waals surface area contributed by atoms with Gasteiger partial charge in [-0.1, -0.05) is 12.7 Å². The van der Waals surface area contributed by atoms with Crippen molar-refractivity contribution in [3.8, 4) is 0 Å². The summed E-state index contributed by atoms with van der Waals surface area (Å²) in [6.07, 6.45) is 1.55. The van der Waals surface area contributed by atoms with Gasteiger partial charge in [-0.25, -0.2) is 9.79 Å². The van der Waals surface area contributed by atoms with E-state index in [0.717, 1.165) is 0 Å². The highest BCUT2D eigenvalue weighted by Gasteiger charge is 2.16. The number of carbonyl (C=O) groups excluding carboxylic acids is 2.